The second-order valence-electron chi connectivity index (χ2n) is 5.73. The summed E-state index contributed by atoms with van der Waals surface area (Å²) >= 11 is 0. The molecule has 0 radical (unpaired) electrons. The molecule has 0 saturated carbocycles. The van der Waals surface area contributed by atoms with Gasteiger partial charge in [0.05, 0.1) is 25.2 Å². The van der Waals surface area contributed by atoms with Gasteiger partial charge < -0.3 is 4.90 Å². The van der Waals surface area contributed by atoms with Crippen LogP contribution >= 0.6 is 0 Å². The second kappa shape index (κ2) is 5.75. The first-order valence-electron chi connectivity index (χ1n) is 7.54. The molecule has 2 saturated heterocycles. The number of carbonyl (C=O) groups excluding carboxylic acids is 2. The van der Waals surface area contributed by atoms with Crippen molar-refractivity contribution in [1.82, 2.24) is 0 Å². The van der Waals surface area contributed by atoms with E-state index >= 15 is 0 Å². The Kier molecular flexibility index (Phi) is 3.83. The maximum Gasteiger partial charge on any atom is 0.292 e. The molecular formula is C16H21N2O2+. The largest absolute Gasteiger partial charge is 0.324 e. The van der Waals surface area contributed by atoms with Gasteiger partial charge in [0.25, 0.3) is 5.91 Å². The first-order chi connectivity index (χ1) is 9.77. The number of quaternary nitrogens is 1. The topological polar surface area (TPSA) is 41.8 Å². The van der Waals surface area contributed by atoms with Crippen LogP contribution in [-0.2, 0) is 9.59 Å². The summed E-state index contributed by atoms with van der Waals surface area (Å²) in [7, 11) is 0. The SMILES string of the molecule is O=C1C[C@@H]([NH+]2CCCCCC2)C(=O)N1c1ccccc1. The van der Waals surface area contributed by atoms with Crippen LogP contribution in [0.1, 0.15) is 32.1 Å². The molecule has 4 nitrogen and oxygen atoms in total. The summed E-state index contributed by atoms with van der Waals surface area (Å²) in [4.78, 5) is 27.5. The van der Waals surface area contributed by atoms with E-state index in [1.165, 1.54) is 35.5 Å². The minimum atomic E-state index is -0.166. The predicted molar refractivity (Wildman–Crippen MR) is 76.5 cm³/mol. The third-order valence-corrected chi connectivity index (χ3v) is 4.40. The second-order valence-corrected chi connectivity index (χ2v) is 5.73. The Hall–Kier alpha value is -1.68. The van der Waals surface area contributed by atoms with Gasteiger partial charge in [0.2, 0.25) is 5.91 Å². The van der Waals surface area contributed by atoms with Gasteiger partial charge in [-0.2, -0.15) is 0 Å². The monoisotopic (exact) mass is 273 g/mol. The van der Waals surface area contributed by atoms with E-state index in [1.807, 2.05) is 30.3 Å². The number of hydrogen-bond acceptors (Lipinski definition) is 2. The number of benzene rings is 1. The number of amides is 2. The molecule has 4 heteroatoms. The van der Waals surface area contributed by atoms with Crippen molar-refractivity contribution in [1.29, 1.82) is 0 Å². The van der Waals surface area contributed by atoms with Crippen molar-refractivity contribution in [2.45, 2.75) is 38.1 Å². The van der Waals surface area contributed by atoms with Gasteiger partial charge in [-0.1, -0.05) is 18.2 Å². The fraction of sp³-hybridized carbons (Fsp3) is 0.500. The summed E-state index contributed by atoms with van der Waals surface area (Å²) in [5, 5.41) is 0. The summed E-state index contributed by atoms with van der Waals surface area (Å²) in [6.45, 7) is 2.04. The summed E-state index contributed by atoms with van der Waals surface area (Å²) in [5.74, 6) is -0.0685. The number of nitrogens with zero attached hydrogens (tertiary/aromatic N) is 1. The molecule has 2 aliphatic rings. The standard InChI is InChI=1S/C16H20N2O2/c19-15-12-14(17-10-6-1-2-7-11-17)16(20)18(15)13-8-4-3-5-9-13/h3-5,8-9,14H,1-2,6-7,10-12H2/p+1/t14-/m1/s1. The van der Waals surface area contributed by atoms with Gasteiger partial charge in [-0.3, -0.25) is 9.59 Å². The van der Waals surface area contributed by atoms with Crippen molar-refractivity contribution >= 4 is 17.5 Å². The minimum absolute atomic E-state index is 0.0156. The van der Waals surface area contributed by atoms with E-state index in [0.717, 1.165) is 13.1 Å². The Labute approximate surface area is 119 Å². The lowest BCUT2D eigenvalue weighted by Gasteiger charge is -2.22. The molecule has 106 valence electrons. The van der Waals surface area contributed by atoms with Crippen LogP contribution in [0.15, 0.2) is 30.3 Å². The van der Waals surface area contributed by atoms with Crippen molar-refractivity contribution in [2.75, 3.05) is 18.0 Å². The number of imide groups is 1. The van der Waals surface area contributed by atoms with Crippen molar-refractivity contribution in [3.8, 4) is 0 Å². The number of anilines is 1. The Bertz CT molecular complexity index is 492. The number of rotatable bonds is 2. The smallest absolute Gasteiger partial charge is 0.292 e. The van der Waals surface area contributed by atoms with E-state index in [4.69, 9.17) is 0 Å². The Balaban J connectivity index is 1.79. The Morgan fingerprint density at radius 1 is 0.950 bits per heavy atom. The van der Waals surface area contributed by atoms with Crippen LogP contribution in [0.2, 0.25) is 0 Å². The summed E-state index contributed by atoms with van der Waals surface area (Å²) < 4.78 is 0. The highest BCUT2D eigenvalue weighted by molar-refractivity contribution is 6.21. The van der Waals surface area contributed by atoms with Crippen LogP contribution in [0, 0.1) is 0 Å². The fourth-order valence-electron chi connectivity index (χ4n) is 3.33. The molecule has 1 N–H and O–H groups in total. The van der Waals surface area contributed by atoms with E-state index in [9.17, 15) is 9.59 Å². The molecule has 20 heavy (non-hydrogen) atoms. The highest BCUT2D eigenvalue weighted by Crippen LogP contribution is 2.21. The first-order valence-corrected chi connectivity index (χ1v) is 7.54. The predicted octanol–water partition coefficient (Wildman–Crippen LogP) is 0.777. The number of likely N-dealkylation sites (tertiary alicyclic amines) is 1. The van der Waals surface area contributed by atoms with Gasteiger partial charge in [-0.05, 0) is 37.8 Å². The molecule has 1 aromatic carbocycles. The first kappa shape index (κ1) is 13.3. The Morgan fingerprint density at radius 3 is 2.25 bits per heavy atom. The van der Waals surface area contributed by atoms with Crippen molar-refractivity contribution in [3.05, 3.63) is 30.3 Å². The fourth-order valence-corrected chi connectivity index (χ4v) is 3.33. The van der Waals surface area contributed by atoms with E-state index in [1.54, 1.807) is 0 Å². The molecule has 0 unspecified atom stereocenters. The summed E-state index contributed by atoms with van der Waals surface area (Å²) in [6, 6.07) is 9.11. The third kappa shape index (κ3) is 2.48. The lowest BCUT2D eigenvalue weighted by molar-refractivity contribution is -0.914. The molecule has 1 atom stereocenters. The van der Waals surface area contributed by atoms with E-state index < -0.39 is 0 Å². The van der Waals surface area contributed by atoms with Gasteiger partial charge >= 0.3 is 0 Å². The zero-order valence-electron chi connectivity index (χ0n) is 11.7. The average molecular weight is 273 g/mol. The van der Waals surface area contributed by atoms with E-state index in [-0.39, 0.29) is 17.9 Å². The maximum atomic E-state index is 12.6. The molecule has 2 heterocycles. The lowest BCUT2D eigenvalue weighted by atomic mass is 10.2. The van der Waals surface area contributed by atoms with Crippen LogP contribution in [-0.4, -0.2) is 30.9 Å². The molecule has 1 aromatic rings. The molecule has 2 amide bonds. The number of carbonyl (C=O) groups is 2. The zero-order chi connectivity index (χ0) is 13.9. The molecule has 0 aromatic heterocycles. The van der Waals surface area contributed by atoms with Crippen molar-refractivity contribution in [3.63, 3.8) is 0 Å². The zero-order valence-corrected chi connectivity index (χ0v) is 11.7. The maximum absolute atomic E-state index is 12.6. The van der Waals surface area contributed by atoms with Crippen LogP contribution in [0.25, 0.3) is 0 Å². The van der Waals surface area contributed by atoms with Crippen LogP contribution in [0.4, 0.5) is 5.69 Å². The third-order valence-electron chi connectivity index (χ3n) is 4.40. The van der Waals surface area contributed by atoms with E-state index in [2.05, 4.69) is 0 Å². The molecule has 2 fully saturated rings. The van der Waals surface area contributed by atoms with Gasteiger partial charge in [-0.15, -0.1) is 0 Å². The van der Waals surface area contributed by atoms with Crippen LogP contribution in [0.5, 0.6) is 0 Å². The van der Waals surface area contributed by atoms with E-state index in [0.29, 0.717) is 12.1 Å². The average Bonchev–Trinajstić information content (AvgIpc) is 2.67. The van der Waals surface area contributed by atoms with Gasteiger partial charge in [0, 0.05) is 0 Å². The molecule has 2 aliphatic heterocycles. The highest BCUT2D eigenvalue weighted by Gasteiger charge is 2.45. The number of para-hydroxylation sites is 1. The highest BCUT2D eigenvalue weighted by atomic mass is 16.2. The quantitative estimate of drug-likeness (QED) is 0.809. The van der Waals surface area contributed by atoms with Gasteiger partial charge in [-0.25, -0.2) is 4.90 Å². The Morgan fingerprint density at radius 2 is 1.60 bits per heavy atom. The number of nitrogens with one attached hydrogen (secondary N) is 1. The van der Waals surface area contributed by atoms with Gasteiger partial charge in [0.1, 0.15) is 0 Å². The molecule has 0 aliphatic carbocycles. The summed E-state index contributed by atoms with van der Waals surface area (Å²) in [6.07, 6.45) is 5.20. The number of hydrogen-bond donors (Lipinski definition) is 1. The molecule has 3 rings (SSSR count). The van der Waals surface area contributed by atoms with Crippen molar-refractivity contribution < 1.29 is 14.5 Å². The molecule has 0 bridgehead atoms. The molecular weight excluding hydrogens is 252 g/mol. The summed E-state index contributed by atoms with van der Waals surface area (Å²) in [5.41, 5.74) is 0.708. The van der Waals surface area contributed by atoms with Crippen LogP contribution < -0.4 is 9.80 Å². The normalized spacial score (nSPS) is 25.0. The minimum Gasteiger partial charge on any atom is -0.324 e. The van der Waals surface area contributed by atoms with Crippen molar-refractivity contribution in [2.24, 2.45) is 0 Å². The lowest BCUT2D eigenvalue weighted by Crippen LogP contribution is -3.16. The van der Waals surface area contributed by atoms with Gasteiger partial charge in [0.15, 0.2) is 6.04 Å². The van der Waals surface area contributed by atoms with Crippen LogP contribution in [0.3, 0.4) is 0 Å². The molecule has 0 spiro atoms.